The molecule has 2 aliphatic heterocycles. The van der Waals surface area contributed by atoms with E-state index in [2.05, 4.69) is 34.5 Å². The van der Waals surface area contributed by atoms with Gasteiger partial charge in [0, 0.05) is 63.9 Å². The number of carbonyl (C=O) groups is 3. The van der Waals surface area contributed by atoms with Gasteiger partial charge in [-0.05, 0) is 30.3 Å². The molecular weight excluding hydrogens is 691 g/mol. The van der Waals surface area contributed by atoms with Crippen LogP contribution in [0.1, 0.15) is 39.5 Å². The van der Waals surface area contributed by atoms with Crippen LogP contribution >= 0.6 is 11.6 Å². The summed E-state index contributed by atoms with van der Waals surface area (Å²) in [6.07, 6.45) is 0.586. The predicted octanol–water partition coefficient (Wildman–Crippen LogP) is 4.37. The van der Waals surface area contributed by atoms with Gasteiger partial charge < -0.3 is 28.9 Å². The van der Waals surface area contributed by atoms with Crippen molar-refractivity contribution in [1.29, 1.82) is 0 Å². The highest BCUT2D eigenvalue weighted by Gasteiger charge is 2.39. The summed E-state index contributed by atoms with van der Waals surface area (Å²) in [5.41, 5.74) is -0.991. The number of likely N-dealkylation sites (tertiary alicyclic amines) is 1. The zero-order valence-corrected chi connectivity index (χ0v) is 29.3. The Balaban J connectivity index is 1.11. The van der Waals surface area contributed by atoms with Gasteiger partial charge in [-0.2, -0.15) is 18.3 Å². The molecule has 13 nitrogen and oxygen atoms in total. The molecule has 0 spiro atoms. The van der Waals surface area contributed by atoms with E-state index in [1.165, 1.54) is 55.4 Å². The molecule has 5 heterocycles. The molecule has 3 amide bonds. The third-order valence-electron chi connectivity index (χ3n) is 9.49. The average Bonchev–Trinajstić information content (AvgIpc) is 3.72. The summed E-state index contributed by atoms with van der Waals surface area (Å²) in [7, 11) is 7.20. The Kier molecular flexibility index (Phi) is 9.83. The van der Waals surface area contributed by atoms with Crippen molar-refractivity contribution in [3.8, 4) is 22.8 Å². The van der Waals surface area contributed by atoms with Gasteiger partial charge >= 0.3 is 6.18 Å². The van der Waals surface area contributed by atoms with Crippen LogP contribution in [0.2, 0.25) is 5.02 Å². The van der Waals surface area contributed by atoms with Gasteiger partial charge in [0.1, 0.15) is 5.75 Å². The fraction of sp³-hybridized carbons (Fsp3) is 0.412. The fourth-order valence-corrected chi connectivity index (χ4v) is 6.67. The Morgan fingerprint density at radius 3 is 2.27 bits per heavy atom. The van der Waals surface area contributed by atoms with Crippen molar-refractivity contribution >= 4 is 35.0 Å². The molecule has 51 heavy (non-hydrogen) atoms. The van der Waals surface area contributed by atoms with Crippen LogP contribution in [0.25, 0.3) is 17.1 Å². The van der Waals surface area contributed by atoms with Crippen molar-refractivity contribution in [3.05, 3.63) is 71.0 Å². The minimum absolute atomic E-state index is 0.00467. The maximum Gasteiger partial charge on any atom is 0.435 e. The highest BCUT2D eigenvalue weighted by Crippen LogP contribution is 2.37. The lowest BCUT2D eigenvalue weighted by Gasteiger charge is -2.40. The van der Waals surface area contributed by atoms with Crippen LogP contribution in [0.15, 0.2) is 48.9 Å². The second-order valence-electron chi connectivity index (χ2n) is 13.3. The number of halogens is 4. The van der Waals surface area contributed by atoms with Crippen molar-refractivity contribution in [2.24, 2.45) is 13.0 Å². The van der Waals surface area contributed by atoms with Gasteiger partial charge in [-0.25, -0.2) is 14.6 Å². The lowest BCUT2D eigenvalue weighted by Crippen LogP contribution is -2.54. The standard InChI is InChI=1S/C34H37ClF3N9O4/c1-43-27(25-20-46(42-29(25)34(36,37)38)28-8-6-23(51-4)18-39-28)19-40-30(43)31(48)41-22-5-7-24(26(35)17-22)33(50)45-13-11-44(12-14-45)32(49)21-9-15-47(2,3)16-10-21/h5-8,17-21H,9-16H2,1-4H3/p+1. The predicted molar refractivity (Wildman–Crippen MR) is 182 cm³/mol. The molecule has 270 valence electrons. The van der Waals surface area contributed by atoms with Crippen molar-refractivity contribution in [1.82, 2.24) is 34.1 Å². The number of carbonyl (C=O) groups excluding carboxylic acids is 3. The molecule has 4 aromatic rings. The van der Waals surface area contributed by atoms with Crippen LogP contribution in [-0.2, 0) is 18.0 Å². The molecule has 0 radical (unpaired) electrons. The van der Waals surface area contributed by atoms with Gasteiger partial charge in [-0.3, -0.25) is 14.4 Å². The van der Waals surface area contributed by atoms with Crippen molar-refractivity contribution < 1.29 is 36.8 Å². The number of quaternary nitrogens is 1. The first-order valence-corrected chi connectivity index (χ1v) is 16.7. The number of aromatic nitrogens is 5. The number of nitrogens with one attached hydrogen (secondary N) is 1. The van der Waals surface area contributed by atoms with E-state index in [0.717, 1.165) is 41.3 Å². The molecule has 3 aromatic heterocycles. The van der Waals surface area contributed by atoms with E-state index in [9.17, 15) is 27.6 Å². The van der Waals surface area contributed by atoms with E-state index in [4.69, 9.17) is 16.3 Å². The van der Waals surface area contributed by atoms with Crippen LogP contribution in [0, 0.1) is 5.92 Å². The van der Waals surface area contributed by atoms with Gasteiger partial charge in [0.2, 0.25) is 5.91 Å². The third-order valence-corrected chi connectivity index (χ3v) is 9.80. The van der Waals surface area contributed by atoms with Crippen LogP contribution in [0.3, 0.4) is 0 Å². The summed E-state index contributed by atoms with van der Waals surface area (Å²) >= 11 is 6.51. The first-order chi connectivity index (χ1) is 24.1. The Labute approximate surface area is 297 Å². The zero-order valence-electron chi connectivity index (χ0n) is 28.6. The quantitative estimate of drug-likeness (QED) is 0.280. The maximum atomic E-state index is 14.1. The molecule has 1 N–H and O–H groups in total. The number of anilines is 1. The van der Waals surface area contributed by atoms with Crippen molar-refractivity contribution in [2.45, 2.75) is 19.0 Å². The fourth-order valence-electron chi connectivity index (χ4n) is 6.41. The largest absolute Gasteiger partial charge is 0.495 e. The maximum absolute atomic E-state index is 14.1. The number of alkyl halides is 3. The minimum Gasteiger partial charge on any atom is -0.495 e. The van der Waals surface area contributed by atoms with Crippen LogP contribution in [0.5, 0.6) is 5.75 Å². The summed E-state index contributed by atoms with van der Waals surface area (Å²) in [4.78, 5) is 51.4. The van der Waals surface area contributed by atoms with E-state index >= 15 is 0 Å². The number of ether oxygens (including phenoxy) is 1. The van der Waals surface area contributed by atoms with E-state index in [0.29, 0.717) is 31.9 Å². The normalized spacial score (nSPS) is 16.6. The number of methoxy groups -OCH3 is 1. The summed E-state index contributed by atoms with van der Waals surface area (Å²) < 4.78 is 50.4. The first-order valence-electron chi connectivity index (χ1n) is 16.4. The number of hydrogen-bond donors (Lipinski definition) is 1. The highest BCUT2D eigenvalue weighted by atomic mass is 35.5. The molecule has 0 unspecified atom stereocenters. The second-order valence-corrected chi connectivity index (χ2v) is 13.7. The Morgan fingerprint density at radius 1 is 0.980 bits per heavy atom. The lowest BCUT2D eigenvalue weighted by atomic mass is 9.94. The molecule has 1 aromatic carbocycles. The van der Waals surface area contributed by atoms with E-state index < -0.39 is 17.8 Å². The van der Waals surface area contributed by atoms with Crippen LogP contribution in [0.4, 0.5) is 18.9 Å². The number of amides is 3. The van der Waals surface area contributed by atoms with Crippen molar-refractivity contribution in [2.75, 3.05) is 65.8 Å². The smallest absolute Gasteiger partial charge is 0.435 e. The number of benzene rings is 1. The van der Waals surface area contributed by atoms with Gasteiger partial charge in [0.15, 0.2) is 17.3 Å². The number of hydrogen-bond acceptors (Lipinski definition) is 7. The minimum atomic E-state index is -4.81. The topological polar surface area (TPSA) is 127 Å². The lowest BCUT2D eigenvalue weighted by molar-refractivity contribution is -0.895. The van der Waals surface area contributed by atoms with E-state index in [1.54, 1.807) is 11.0 Å². The summed E-state index contributed by atoms with van der Waals surface area (Å²) in [6.45, 7) is 3.57. The summed E-state index contributed by atoms with van der Waals surface area (Å²) in [5.74, 6) is -0.448. The van der Waals surface area contributed by atoms with Crippen LogP contribution in [-0.4, -0.2) is 117 Å². The summed E-state index contributed by atoms with van der Waals surface area (Å²) in [6, 6.07) is 7.44. The molecule has 0 saturated carbocycles. The molecule has 2 fully saturated rings. The highest BCUT2D eigenvalue weighted by molar-refractivity contribution is 6.34. The van der Waals surface area contributed by atoms with Crippen molar-refractivity contribution in [3.63, 3.8) is 0 Å². The number of piperidine rings is 1. The average molecular weight is 729 g/mol. The number of piperazine rings is 1. The SMILES string of the molecule is COc1ccc(-n2cc(-c3cnc(C(=O)Nc4ccc(C(=O)N5CCN(C(=O)C6CC[N+](C)(C)CC6)CC5)c(Cl)c4)n3C)c(C(F)(F)F)n2)nc1. The van der Waals surface area contributed by atoms with Crippen LogP contribution < -0.4 is 10.1 Å². The Hall–Kier alpha value is -4.96. The Morgan fingerprint density at radius 2 is 1.67 bits per heavy atom. The zero-order chi connectivity index (χ0) is 36.7. The molecule has 6 rings (SSSR count). The summed E-state index contributed by atoms with van der Waals surface area (Å²) in [5, 5.41) is 6.49. The molecule has 2 saturated heterocycles. The third kappa shape index (κ3) is 7.56. The van der Waals surface area contributed by atoms with Gasteiger partial charge in [0.05, 0.1) is 68.5 Å². The molecule has 17 heteroatoms. The Bertz CT molecular complexity index is 1940. The first kappa shape index (κ1) is 35.9. The molecule has 0 aliphatic carbocycles. The number of rotatable bonds is 7. The van der Waals surface area contributed by atoms with Gasteiger partial charge in [-0.1, -0.05) is 11.6 Å². The number of imidazole rings is 1. The second kappa shape index (κ2) is 14.0. The molecule has 0 bridgehead atoms. The monoisotopic (exact) mass is 728 g/mol. The number of nitrogens with zero attached hydrogens (tertiary/aromatic N) is 8. The van der Waals surface area contributed by atoms with Gasteiger partial charge in [0.25, 0.3) is 11.8 Å². The molecular formula is C34H38ClF3N9O4+. The van der Waals surface area contributed by atoms with E-state index in [-0.39, 0.29) is 56.9 Å². The molecule has 2 aliphatic rings. The number of pyridine rings is 1. The van der Waals surface area contributed by atoms with E-state index in [1.807, 2.05) is 4.90 Å². The van der Waals surface area contributed by atoms with Gasteiger partial charge in [-0.15, -0.1) is 0 Å². The molecule has 0 atom stereocenters.